The molecule has 2 aliphatic rings. The van der Waals surface area contributed by atoms with Gasteiger partial charge in [0.2, 0.25) is 0 Å². The molecule has 1 fully saturated rings. The quantitative estimate of drug-likeness (QED) is 0.697. The number of fused-ring (bicyclic) bond motifs is 2. The summed E-state index contributed by atoms with van der Waals surface area (Å²) in [5, 5.41) is 3.49. The van der Waals surface area contributed by atoms with E-state index >= 15 is 0 Å². The summed E-state index contributed by atoms with van der Waals surface area (Å²) in [6, 6.07) is 5.10. The molecule has 15 heavy (non-hydrogen) atoms. The topological polar surface area (TPSA) is 21.3 Å². The Morgan fingerprint density at radius 3 is 3.13 bits per heavy atom. The lowest BCUT2D eigenvalue weighted by Gasteiger charge is -2.35. The molecular weight excluding hydrogens is 193 g/mol. The van der Waals surface area contributed by atoms with Crippen molar-refractivity contribution in [2.45, 2.75) is 18.4 Å². The summed E-state index contributed by atoms with van der Waals surface area (Å²) in [6.45, 7) is 2.28. The Labute approximate surface area is 88.4 Å². The normalized spacial score (nSPS) is 29.4. The Balaban J connectivity index is 2.05. The minimum Gasteiger partial charge on any atom is -0.378 e. The zero-order valence-electron chi connectivity index (χ0n) is 8.55. The molecule has 3 rings (SSSR count). The van der Waals surface area contributed by atoms with Crippen molar-refractivity contribution in [1.82, 2.24) is 5.32 Å². The Morgan fingerprint density at radius 1 is 1.40 bits per heavy atom. The van der Waals surface area contributed by atoms with Crippen molar-refractivity contribution in [2.24, 2.45) is 0 Å². The predicted octanol–water partition coefficient (Wildman–Crippen LogP) is 1.59. The molecule has 0 aromatic heterocycles. The van der Waals surface area contributed by atoms with Crippen molar-refractivity contribution in [3.8, 4) is 0 Å². The molecule has 1 N–H and O–H groups in total. The number of aryl methyl sites for hydroxylation is 1. The van der Waals surface area contributed by atoms with Gasteiger partial charge in [0.25, 0.3) is 0 Å². The highest BCUT2D eigenvalue weighted by Crippen LogP contribution is 2.38. The molecule has 1 heterocycles. The molecule has 0 unspecified atom stereocenters. The Kier molecular flexibility index (Phi) is 2.04. The first-order valence-corrected chi connectivity index (χ1v) is 5.42. The molecule has 1 aliphatic carbocycles. The van der Waals surface area contributed by atoms with Gasteiger partial charge >= 0.3 is 0 Å². The summed E-state index contributed by atoms with van der Waals surface area (Å²) in [7, 11) is 0. The fraction of sp³-hybridized carbons (Fsp3) is 0.500. The molecule has 1 spiro atoms. The van der Waals surface area contributed by atoms with Gasteiger partial charge in [-0.15, -0.1) is 0 Å². The first-order chi connectivity index (χ1) is 7.30. The summed E-state index contributed by atoms with van der Waals surface area (Å²) in [5.74, 6) is -0.151. The highest BCUT2D eigenvalue weighted by Gasteiger charge is 2.40. The third-order valence-electron chi connectivity index (χ3n) is 3.47. The van der Waals surface area contributed by atoms with E-state index in [1.54, 1.807) is 12.1 Å². The van der Waals surface area contributed by atoms with Gasteiger partial charge in [0.05, 0.1) is 18.8 Å². The molecule has 1 aromatic carbocycles. The first-order valence-electron chi connectivity index (χ1n) is 5.42. The van der Waals surface area contributed by atoms with E-state index in [9.17, 15) is 4.39 Å². The van der Waals surface area contributed by atoms with Crippen LogP contribution in [0.1, 0.15) is 17.5 Å². The highest BCUT2D eigenvalue weighted by molar-refractivity contribution is 5.39. The lowest BCUT2D eigenvalue weighted by molar-refractivity contribution is 0.0259. The summed E-state index contributed by atoms with van der Waals surface area (Å²) in [5.41, 5.74) is 2.24. The first kappa shape index (κ1) is 9.31. The largest absolute Gasteiger partial charge is 0.378 e. The Bertz CT molecular complexity index is 380. The van der Waals surface area contributed by atoms with E-state index in [1.807, 2.05) is 6.07 Å². The number of rotatable bonds is 0. The van der Waals surface area contributed by atoms with Gasteiger partial charge in [0.1, 0.15) is 5.82 Å². The zero-order valence-corrected chi connectivity index (χ0v) is 8.55. The van der Waals surface area contributed by atoms with Gasteiger partial charge in [-0.1, -0.05) is 6.07 Å². The van der Waals surface area contributed by atoms with Crippen LogP contribution in [0.15, 0.2) is 18.2 Å². The van der Waals surface area contributed by atoms with Crippen molar-refractivity contribution < 1.29 is 9.13 Å². The third-order valence-corrected chi connectivity index (χ3v) is 3.47. The molecule has 80 valence electrons. The summed E-state index contributed by atoms with van der Waals surface area (Å²) < 4.78 is 18.8. The number of benzene rings is 1. The lowest BCUT2D eigenvalue weighted by Crippen LogP contribution is -2.50. The Hall–Kier alpha value is -0.930. The fourth-order valence-electron chi connectivity index (χ4n) is 2.69. The van der Waals surface area contributed by atoms with Crippen LogP contribution >= 0.6 is 0 Å². The van der Waals surface area contributed by atoms with Crippen LogP contribution in [0, 0.1) is 5.82 Å². The van der Waals surface area contributed by atoms with Crippen LogP contribution in [-0.4, -0.2) is 19.8 Å². The summed E-state index contributed by atoms with van der Waals surface area (Å²) >= 11 is 0. The second kappa shape index (κ2) is 3.29. The van der Waals surface area contributed by atoms with E-state index in [-0.39, 0.29) is 11.4 Å². The minimum atomic E-state index is -0.151. The van der Waals surface area contributed by atoms with Gasteiger partial charge in [0, 0.05) is 6.54 Å². The number of hydrogen-bond acceptors (Lipinski definition) is 2. The van der Waals surface area contributed by atoms with E-state index in [4.69, 9.17) is 4.74 Å². The smallest absolute Gasteiger partial charge is 0.123 e. The number of ether oxygens (including phenoxy) is 1. The van der Waals surface area contributed by atoms with Crippen LogP contribution in [0.4, 0.5) is 4.39 Å². The third kappa shape index (κ3) is 1.38. The molecule has 2 nitrogen and oxygen atoms in total. The van der Waals surface area contributed by atoms with Crippen molar-refractivity contribution in [3.63, 3.8) is 0 Å². The molecule has 1 atom stereocenters. The van der Waals surface area contributed by atoms with E-state index in [0.717, 1.165) is 31.6 Å². The van der Waals surface area contributed by atoms with Crippen molar-refractivity contribution >= 4 is 0 Å². The monoisotopic (exact) mass is 207 g/mol. The molecule has 1 saturated heterocycles. The van der Waals surface area contributed by atoms with Crippen molar-refractivity contribution in [1.29, 1.82) is 0 Å². The van der Waals surface area contributed by atoms with Crippen LogP contribution in [0.3, 0.4) is 0 Å². The van der Waals surface area contributed by atoms with Crippen LogP contribution in [0.5, 0.6) is 0 Å². The molecule has 0 saturated carbocycles. The maximum absolute atomic E-state index is 13.2. The zero-order chi connectivity index (χ0) is 10.3. The number of morpholine rings is 1. The van der Waals surface area contributed by atoms with Crippen molar-refractivity contribution in [2.75, 3.05) is 19.8 Å². The number of halogens is 1. The average Bonchev–Trinajstić information content (AvgIpc) is 2.59. The van der Waals surface area contributed by atoms with Gasteiger partial charge in [-0.2, -0.15) is 0 Å². The predicted molar refractivity (Wildman–Crippen MR) is 55.2 cm³/mol. The molecule has 1 aliphatic heterocycles. The second-order valence-corrected chi connectivity index (χ2v) is 4.36. The molecule has 0 radical (unpaired) electrons. The Morgan fingerprint density at radius 2 is 2.33 bits per heavy atom. The second-order valence-electron chi connectivity index (χ2n) is 4.36. The molecule has 0 amide bonds. The van der Waals surface area contributed by atoms with Crippen LogP contribution in [-0.2, 0) is 16.7 Å². The fourth-order valence-corrected chi connectivity index (χ4v) is 2.69. The maximum Gasteiger partial charge on any atom is 0.123 e. The van der Waals surface area contributed by atoms with Crippen LogP contribution in [0.25, 0.3) is 0 Å². The highest BCUT2D eigenvalue weighted by atomic mass is 19.1. The van der Waals surface area contributed by atoms with Crippen LogP contribution < -0.4 is 5.32 Å². The van der Waals surface area contributed by atoms with Gasteiger partial charge in [-0.05, 0) is 36.1 Å². The molecule has 0 bridgehead atoms. The van der Waals surface area contributed by atoms with E-state index in [1.165, 1.54) is 5.56 Å². The summed E-state index contributed by atoms with van der Waals surface area (Å²) in [6.07, 6.45) is 2.04. The number of hydrogen-bond donors (Lipinski definition) is 1. The van der Waals surface area contributed by atoms with Gasteiger partial charge in [0.15, 0.2) is 0 Å². The minimum absolute atomic E-state index is 0.115. The number of nitrogens with one attached hydrogen (secondary N) is 1. The van der Waals surface area contributed by atoms with E-state index < -0.39 is 0 Å². The van der Waals surface area contributed by atoms with Gasteiger partial charge in [-0.3, -0.25) is 0 Å². The SMILES string of the molecule is Fc1ccc2c(c1)[C@@]1(CC2)COCCN1. The standard InChI is InChI=1S/C12H14FNO/c13-10-2-1-9-3-4-12(11(9)7-10)8-15-6-5-14-12/h1-2,7,14H,3-6,8H2/t12-/m1/s1. The van der Waals surface area contributed by atoms with Crippen molar-refractivity contribution in [3.05, 3.63) is 35.1 Å². The van der Waals surface area contributed by atoms with E-state index in [0.29, 0.717) is 6.61 Å². The molecular formula is C12H14FNO. The molecule has 3 heteroatoms. The van der Waals surface area contributed by atoms with Gasteiger partial charge in [-0.25, -0.2) is 4.39 Å². The van der Waals surface area contributed by atoms with Crippen LogP contribution in [0.2, 0.25) is 0 Å². The summed E-state index contributed by atoms with van der Waals surface area (Å²) in [4.78, 5) is 0. The van der Waals surface area contributed by atoms with E-state index in [2.05, 4.69) is 5.32 Å². The molecule has 1 aromatic rings. The maximum atomic E-state index is 13.2. The van der Waals surface area contributed by atoms with Gasteiger partial charge < -0.3 is 10.1 Å². The lowest BCUT2D eigenvalue weighted by atomic mass is 9.92. The average molecular weight is 207 g/mol.